The van der Waals surface area contributed by atoms with Crippen LogP contribution in [0.4, 0.5) is 0 Å². The molecule has 6 heteroatoms. The quantitative estimate of drug-likeness (QED) is 0.286. The first-order valence-electron chi connectivity index (χ1n) is 10.2. The van der Waals surface area contributed by atoms with Crippen LogP contribution in [0, 0.1) is 6.92 Å². The van der Waals surface area contributed by atoms with Crippen LogP contribution in [0.2, 0.25) is 0 Å². The molecule has 3 rings (SSSR count). The van der Waals surface area contributed by atoms with Gasteiger partial charge in [0, 0.05) is 30.7 Å². The standard InChI is InChI=1S/C25H29NO5/c1-7-30-25(27)16(2)13-19-14-20(29-6)24(31-15-28-5)21-17(3)22(26(4)23(19)21)18-11-9-8-10-12-18/h8-14H,7,15H2,1-6H3/b16-13+. The van der Waals surface area contributed by atoms with Gasteiger partial charge in [-0.15, -0.1) is 0 Å². The van der Waals surface area contributed by atoms with Gasteiger partial charge in [-0.2, -0.15) is 0 Å². The van der Waals surface area contributed by atoms with Crippen LogP contribution in [0.5, 0.6) is 11.5 Å². The molecule has 6 nitrogen and oxygen atoms in total. The van der Waals surface area contributed by atoms with Gasteiger partial charge < -0.3 is 23.5 Å². The Bertz CT molecular complexity index is 1110. The van der Waals surface area contributed by atoms with Crippen LogP contribution in [-0.2, 0) is 21.3 Å². The highest BCUT2D eigenvalue weighted by molar-refractivity contribution is 6.04. The van der Waals surface area contributed by atoms with Crippen molar-refractivity contribution in [1.82, 2.24) is 4.57 Å². The van der Waals surface area contributed by atoms with E-state index >= 15 is 0 Å². The average molecular weight is 424 g/mol. The van der Waals surface area contributed by atoms with Crippen molar-refractivity contribution in [3.8, 4) is 22.8 Å². The Balaban J connectivity index is 2.37. The fourth-order valence-corrected chi connectivity index (χ4v) is 3.91. The van der Waals surface area contributed by atoms with Crippen LogP contribution >= 0.6 is 0 Å². The zero-order valence-electron chi connectivity index (χ0n) is 18.9. The molecule has 31 heavy (non-hydrogen) atoms. The molecule has 0 bridgehead atoms. The minimum absolute atomic E-state index is 0.0947. The number of rotatable bonds is 8. The molecule has 0 spiro atoms. The maximum atomic E-state index is 12.3. The summed E-state index contributed by atoms with van der Waals surface area (Å²) in [5, 5.41) is 0.917. The number of carbonyl (C=O) groups excluding carboxylic acids is 1. The summed E-state index contributed by atoms with van der Waals surface area (Å²) in [6.45, 7) is 6.03. The van der Waals surface area contributed by atoms with Crippen molar-refractivity contribution >= 4 is 22.9 Å². The molecule has 1 aromatic heterocycles. The summed E-state index contributed by atoms with van der Waals surface area (Å²) in [5.41, 5.74) is 5.50. The maximum Gasteiger partial charge on any atom is 0.333 e. The van der Waals surface area contributed by atoms with Gasteiger partial charge in [-0.25, -0.2) is 4.79 Å². The van der Waals surface area contributed by atoms with Crippen LogP contribution in [0.25, 0.3) is 28.2 Å². The molecule has 0 amide bonds. The summed E-state index contributed by atoms with van der Waals surface area (Å²) in [4.78, 5) is 12.3. The highest BCUT2D eigenvalue weighted by Gasteiger charge is 2.23. The minimum Gasteiger partial charge on any atom is -0.493 e. The summed E-state index contributed by atoms with van der Waals surface area (Å²) in [6.07, 6.45) is 1.83. The van der Waals surface area contributed by atoms with Crippen LogP contribution in [0.3, 0.4) is 0 Å². The van der Waals surface area contributed by atoms with E-state index in [-0.39, 0.29) is 12.8 Å². The average Bonchev–Trinajstić information content (AvgIpc) is 3.04. The fraction of sp³-hybridized carbons (Fsp3) is 0.320. The summed E-state index contributed by atoms with van der Waals surface area (Å²) in [7, 11) is 5.20. The molecule has 0 saturated carbocycles. The molecule has 0 unspecified atom stereocenters. The SMILES string of the molecule is CCOC(=O)/C(C)=C/c1cc(OC)c(OCOC)c2c(C)c(-c3ccccc3)n(C)c12. The predicted octanol–water partition coefficient (Wildman–Crippen LogP) is 5.11. The van der Waals surface area contributed by atoms with Crippen molar-refractivity contribution in [2.45, 2.75) is 20.8 Å². The van der Waals surface area contributed by atoms with Crippen LogP contribution < -0.4 is 9.47 Å². The largest absolute Gasteiger partial charge is 0.493 e. The molecule has 1 heterocycles. The molecule has 0 N–H and O–H groups in total. The van der Waals surface area contributed by atoms with Gasteiger partial charge in [0.15, 0.2) is 18.3 Å². The topological polar surface area (TPSA) is 58.9 Å². The lowest BCUT2D eigenvalue weighted by molar-refractivity contribution is -0.138. The first kappa shape index (κ1) is 22.4. The Labute approximate surface area is 183 Å². The number of nitrogens with zero attached hydrogens (tertiary/aromatic N) is 1. The van der Waals surface area contributed by atoms with E-state index in [1.807, 2.05) is 37.4 Å². The van der Waals surface area contributed by atoms with E-state index in [2.05, 4.69) is 23.6 Å². The Hall–Kier alpha value is -3.25. The first-order valence-corrected chi connectivity index (χ1v) is 10.2. The zero-order valence-corrected chi connectivity index (χ0v) is 18.9. The number of ether oxygens (including phenoxy) is 4. The van der Waals surface area contributed by atoms with Gasteiger partial charge in [-0.1, -0.05) is 30.3 Å². The summed E-state index contributed by atoms with van der Waals surface area (Å²) < 4.78 is 24.0. The van der Waals surface area contributed by atoms with Crippen molar-refractivity contribution in [2.75, 3.05) is 27.6 Å². The number of carbonyl (C=O) groups is 1. The Kier molecular flexibility index (Phi) is 7.02. The Morgan fingerprint density at radius 3 is 2.48 bits per heavy atom. The molecule has 0 aliphatic rings. The second kappa shape index (κ2) is 9.71. The van der Waals surface area contributed by atoms with E-state index in [1.165, 1.54) is 0 Å². The third-order valence-electron chi connectivity index (χ3n) is 5.21. The number of hydrogen-bond donors (Lipinski definition) is 0. The predicted molar refractivity (Wildman–Crippen MR) is 122 cm³/mol. The number of benzene rings is 2. The van der Waals surface area contributed by atoms with Crippen molar-refractivity contribution in [2.24, 2.45) is 7.05 Å². The Morgan fingerprint density at radius 2 is 1.87 bits per heavy atom. The monoisotopic (exact) mass is 423 g/mol. The second-order valence-electron chi connectivity index (χ2n) is 7.22. The first-order chi connectivity index (χ1) is 14.9. The van der Waals surface area contributed by atoms with Crippen LogP contribution in [0.15, 0.2) is 42.0 Å². The molecule has 0 aliphatic carbocycles. The van der Waals surface area contributed by atoms with Crippen molar-refractivity contribution < 1.29 is 23.7 Å². The fourth-order valence-electron chi connectivity index (χ4n) is 3.91. The van der Waals surface area contributed by atoms with Gasteiger partial charge in [0.1, 0.15) is 0 Å². The van der Waals surface area contributed by atoms with Gasteiger partial charge in [0.2, 0.25) is 0 Å². The van der Waals surface area contributed by atoms with Crippen LogP contribution in [0.1, 0.15) is 25.0 Å². The molecule has 2 aromatic carbocycles. The van der Waals surface area contributed by atoms with Crippen molar-refractivity contribution in [3.05, 3.63) is 53.1 Å². The van der Waals surface area contributed by atoms with Gasteiger partial charge in [0.25, 0.3) is 0 Å². The highest BCUT2D eigenvalue weighted by atomic mass is 16.7. The molecule has 3 aromatic rings. The van der Waals surface area contributed by atoms with Crippen molar-refractivity contribution in [1.29, 1.82) is 0 Å². The van der Waals surface area contributed by atoms with E-state index in [0.717, 1.165) is 33.3 Å². The van der Waals surface area contributed by atoms with Crippen LogP contribution in [-0.4, -0.2) is 38.2 Å². The second-order valence-corrected chi connectivity index (χ2v) is 7.22. The molecule has 0 atom stereocenters. The van der Waals surface area contributed by atoms with Gasteiger partial charge in [-0.3, -0.25) is 0 Å². The normalized spacial score (nSPS) is 11.6. The van der Waals surface area contributed by atoms with E-state index in [0.29, 0.717) is 23.7 Å². The number of fused-ring (bicyclic) bond motifs is 1. The van der Waals surface area contributed by atoms with E-state index in [1.54, 1.807) is 28.1 Å². The molecule has 0 fully saturated rings. The summed E-state index contributed by atoms with van der Waals surface area (Å²) in [5.74, 6) is 0.838. The third-order valence-corrected chi connectivity index (χ3v) is 5.21. The van der Waals surface area contributed by atoms with Crippen molar-refractivity contribution in [3.63, 3.8) is 0 Å². The highest BCUT2D eigenvalue weighted by Crippen LogP contribution is 2.45. The number of aromatic nitrogens is 1. The molecular weight excluding hydrogens is 394 g/mol. The smallest absolute Gasteiger partial charge is 0.333 e. The van der Waals surface area contributed by atoms with Gasteiger partial charge >= 0.3 is 5.97 Å². The molecule has 164 valence electrons. The van der Waals surface area contributed by atoms with Gasteiger partial charge in [0.05, 0.1) is 24.9 Å². The molecule has 0 aliphatic heterocycles. The summed E-state index contributed by atoms with van der Waals surface area (Å²) >= 11 is 0. The molecular formula is C25H29NO5. The number of esters is 1. The third kappa shape index (κ3) is 4.30. The molecule has 0 saturated heterocycles. The maximum absolute atomic E-state index is 12.3. The minimum atomic E-state index is -0.344. The lowest BCUT2D eigenvalue weighted by Crippen LogP contribution is -2.05. The van der Waals surface area contributed by atoms with E-state index in [4.69, 9.17) is 18.9 Å². The van der Waals surface area contributed by atoms with Gasteiger partial charge in [-0.05, 0) is 44.0 Å². The van der Waals surface area contributed by atoms with E-state index in [9.17, 15) is 4.79 Å². The lowest BCUT2D eigenvalue weighted by atomic mass is 10.0. The summed E-state index contributed by atoms with van der Waals surface area (Å²) in [6, 6.07) is 12.1. The lowest BCUT2D eigenvalue weighted by Gasteiger charge is -2.14. The van der Waals surface area contributed by atoms with E-state index < -0.39 is 0 Å². The number of aryl methyl sites for hydroxylation is 2. The number of hydrogen-bond acceptors (Lipinski definition) is 5. The zero-order chi connectivity index (χ0) is 22.5. The number of methoxy groups -OCH3 is 2. The molecule has 0 radical (unpaired) electrons. The Morgan fingerprint density at radius 1 is 1.16 bits per heavy atom.